The van der Waals surface area contributed by atoms with Gasteiger partial charge in [-0.1, -0.05) is 30.3 Å². The molecule has 1 amide bonds. The number of fused-ring (bicyclic) bond motifs is 1. The van der Waals surface area contributed by atoms with E-state index in [1.807, 2.05) is 30.5 Å². The van der Waals surface area contributed by atoms with Gasteiger partial charge in [0.15, 0.2) is 0 Å². The minimum atomic E-state index is -0.831. The maximum atomic E-state index is 13.2. The Balaban J connectivity index is 1.56. The fourth-order valence-electron chi connectivity index (χ4n) is 4.61. The molecule has 0 saturated carbocycles. The van der Waals surface area contributed by atoms with E-state index in [-0.39, 0.29) is 17.9 Å². The number of aromatic nitrogens is 2. The van der Waals surface area contributed by atoms with Crippen molar-refractivity contribution in [2.24, 2.45) is 0 Å². The molecular weight excluding hydrogens is 458 g/mol. The van der Waals surface area contributed by atoms with Crippen molar-refractivity contribution in [3.8, 4) is 0 Å². The topological polar surface area (TPSA) is 113 Å². The molecule has 8 nitrogen and oxygen atoms in total. The van der Waals surface area contributed by atoms with Gasteiger partial charge < -0.3 is 19.7 Å². The number of amides is 1. The Kier molecular flexibility index (Phi) is 6.08. The number of aliphatic hydroxyl groups excluding tert-OH is 1. The number of nitrogens with one attached hydrogen (secondary N) is 1. The highest BCUT2D eigenvalue weighted by Gasteiger charge is 2.46. The van der Waals surface area contributed by atoms with Crippen molar-refractivity contribution >= 4 is 34.3 Å². The van der Waals surface area contributed by atoms with Gasteiger partial charge in [0.1, 0.15) is 5.76 Å². The van der Waals surface area contributed by atoms with Crippen molar-refractivity contribution < 1.29 is 24.2 Å². The zero-order valence-corrected chi connectivity index (χ0v) is 19.5. The lowest BCUT2D eigenvalue weighted by Crippen LogP contribution is -2.31. The van der Waals surface area contributed by atoms with Crippen LogP contribution in [0.1, 0.15) is 33.1 Å². The van der Waals surface area contributed by atoms with E-state index in [2.05, 4.69) is 9.97 Å². The summed E-state index contributed by atoms with van der Waals surface area (Å²) in [5, 5.41) is 12.1. The molecule has 1 unspecified atom stereocenters. The van der Waals surface area contributed by atoms with Gasteiger partial charge in [-0.05, 0) is 47.9 Å². The molecule has 2 aromatic carbocycles. The number of methoxy groups -OCH3 is 1. The van der Waals surface area contributed by atoms with Gasteiger partial charge in [-0.3, -0.25) is 14.6 Å². The second-order valence-corrected chi connectivity index (χ2v) is 8.46. The van der Waals surface area contributed by atoms with Gasteiger partial charge in [-0.2, -0.15) is 0 Å². The van der Waals surface area contributed by atoms with Crippen LogP contribution in [0.4, 0.5) is 0 Å². The zero-order valence-electron chi connectivity index (χ0n) is 19.5. The number of rotatable bonds is 6. The normalized spacial score (nSPS) is 17.0. The van der Waals surface area contributed by atoms with E-state index in [1.54, 1.807) is 42.6 Å². The number of hydrogen-bond donors (Lipinski definition) is 2. The maximum absolute atomic E-state index is 13.2. The van der Waals surface area contributed by atoms with Crippen LogP contribution in [0.5, 0.6) is 0 Å². The summed E-state index contributed by atoms with van der Waals surface area (Å²) in [5.41, 5.74) is 3.25. The summed E-state index contributed by atoms with van der Waals surface area (Å²) in [6.07, 6.45) is 5.39. The number of aliphatic hydroxyl groups is 1. The Labute approximate surface area is 206 Å². The first-order valence-electron chi connectivity index (χ1n) is 11.4. The van der Waals surface area contributed by atoms with Gasteiger partial charge in [-0.25, -0.2) is 4.79 Å². The number of carbonyl (C=O) groups excluding carboxylic acids is 3. The highest BCUT2D eigenvalue weighted by molar-refractivity contribution is 6.46. The molecule has 5 rings (SSSR count). The summed E-state index contributed by atoms with van der Waals surface area (Å²) >= 11 is 0. The number of esters is 1. The number of hydrogen-bond acceptors (Lipinski definition) is 6. The zero-order chi connectivity index (χ0) is 25.2. The number of H-pyrrole nitrogens is 1. The number of Topliss-reactive ketones (excluding diaryl/α,β-unsaturated/α-hetero) is 1. The average Bonchev–Trinajstić information content (AvgIpc) is 3.45. The molecule has 0 spiro atoms. The standard InChI is InChI=1S/C28H23N3O5/c1-36-28(35)18-10-8-17(9-11-18)24-23(25(32)20-5-4-13-29-15-20)26(33)27(34)31(24)14-12-19-16-30-22-7-3-2-6-21(19)22/h2-11,13,15-16,24,30,32H,12,14H2,1H3/b25-23+. The first-order chi connectivity index (χ1) is 17.5. The number of ether oxygens (including phenoxy) is 1. The fourth-order valence-corrected chi connectivity index (χ4v) is 4.61. The quantitative estimate of drug-likeness (QED) is 0.186. The summed E-state index contributed by atoms with van der Waals surface area (Å²) in [6.45, 7) is 0.250. The van der Waals surface area contributed by atoms with Crippen LogP contribution in [-0.2, 0) is 20.7 Å². The Bertz CT molecular complexity index is 1490. The number of pyridine rings is 1. The van der Waals surface area contributed by atoms with Crippen molar-refractivity contribution in [3.05, 3.63) is 107 Å². The molecule has 8 heteroatoms. The highest BCUT2D eigenvalue weighted by atomic mass is 16.5. The van der Waals surface area contributed by atoms with E-state index < -0.39 is 23.7 Å². The van der Waals surface area contributed by atoms with Gasteiger partial charge in [0.2, 0.25) is 0 Å². The molecule has 1 saturated heterocycles. The van der Waals surface area contributed by atoms with Crippen molar-refractivity contribution in [1.29, 1.82) is 0 Å². The molecule has 0 bridgehead atoms. The van der Waals surface area contributed by atoms with Crippen LogP contribution in [0.3, 0.4) is 0 Å². The predicted molar refractivity (Wildman–Crippen MR) is 133 cm³/mol. The molecule has 1 atom stereocenters. The van der Waals surface area contributed by atoms with Crippen LogP contribution in [0.2, 0.25) is 0 Å². The van der Waals surface area contributed by atoms with E-state index in [9.17, 15) is 19.5 Å². The number of aromatic amines is 1. The van der Waals surface area contributed by atoms with Crippen LogP contribution < -0.4 is 0 Å². The van der Waals surface area contributed by atoms with Crippen molar-refractivity contribution in [3.63, 3.8) is 0 Å². The number of likely N-dealkylation sites (tertiary alicyclic amines) is 1. The summed E-state index contributed by atoms with van der Waals surface area (Å²) in [4.78, 5) is 47.0. The fraction of sp³-hybridized carbons (Fsp3) is 0.143. The third-order valence-electron chi connectivity index (χ3n) is 6.42. The largest absolute Gasteiger partial charge is 0.507 e. The lowest BCUT2D eigenvalue weighted by Gasteiger charge is -2.25. The second kappa shape index (κ2) is 9.50. The Morgan fingerprint density at radius 1 is 1.06 bits per heavy atom. The van der Waals surface area contributed by atoms with E-state index in [1.165, 1.54) is 18.2 Å². The SMILES string of the molecule is COC(=O)c1ccc(C2/C(=C(\O)c3cccnc3)C(=O)C(=O)N2CCc2c[nH]c3ccccc23)cc1. The van der Waals surface area contributed by atoms with Crippen LogP contribution in [0.15, 0.2) is 84.8 Å². The summed E-state index contributed by atoms with van der Waals surface area (Å²) in [7, 11) is 1.30. The van der Waals surface area contributed by atoms with Gasteiger partial charge in [-0.15, -0.1) is 0 Å². The predicted octanol–water partition coefficient (Wildman–Crippen LogP) is 4.01. The molecular formula is C28H23N3O5. The van der Waals surface area contributed by atoms with Crippen molar-refractivity contribution in [1.82, 2.24) is 14.9 Å². The summed E-state index contributed by atoms with van der Waals surface area (Å²) < 4.78 is 4.77. The smallest absolute Gasteiger partial charge is 0.337 e. The van der Waals surface area contributed by atoms with E-state index in [0.29, 0.717) is 23.1 Å². The lowest BCUT2D eigenvalue weighted by atomic mass is 9.95. The van der Waals surface area contributed by atoms with Gasteiger partial charge in [0.25, 0.3) is 11.7 Å². The van der Waals surface area contributed by atoms with E-state index in [4.69, 9.17) is 4.74 Å². The molecule has 0 radical (unpaired) electrons. The summed E-state index contributed by atoms with van der Waals surface area (Å²) in [6, 6.07) is 16.8. The molecule has 4 aromatic rings. The molecule has 2 N–H and O–H groups in total. The van der Waals surface area contributed by atoms with Crippen LogP contribution in [0, 0.1) is 0 Å². The maximum Gasteiger partial charge on any atom is 0.337 e. The summed E-state index contributed by atoms with van der Waals surface area (Å²) in [5.74, 6) is -2.25. The molecule has 1 fully saturated rings. The number of para-hydroxylation sites is 1. The Morgan fingerprint density at radius 2 is 1.83 bits per heavy atom. The van der Waals surface area contributed by atoms with Gasteiger partial charge in [0.05, 0.1) is 24.3 Å². The first-order valence-corrected chi connectivity index (χ1v) is 11.4. The van der Waals surface area contributed by atoms with Gasteiger partial charge in [0, 0.05) is 41.6 Å². The van der Waals surface area contributed by atoms with Crippen molar-refractivity contribution in [2.75, 3.05) is 13.7 Å². The third kappa shape index (κ3) is 4.02. The third-order valence-corrected chi connectivity index (χ3v) is 6.42. The monoisotopic (exact) mass is 481 g/mol. The molecule has 0 aliphatic carbocycles. The highest BCUT2D eigenvalue weighted by Crippen LogP contribution is 2.39. The Morgan fingerprint density at radius 3 is 2.56 bits per heavy atom. The molecule has 2 aromatic heterocycles. The molecule has 180 valence electrons. The number of nitrogens with zero attached hydrogens (tertiary/aromatic N) is 2. The number of ketones is 1. The van der Waals surface area contributed by atoms with Crippen LogP contribution in [-0.4, -0.2) is 51.3 Å². The van der Waals surface area contributed by atoms with Crippen LogP contribution >= 0.6 is 0 Å². The van der Waals surface area contributed by atoms with E-state index in [0.717, 1.165) is 16.5 Å². The van der Waals surface area contributed by atoms with E-state index >= 15 is 0 Å². The minimum Gasteiger partial charge on any atom is -0.507 e. The number of benzene rings is 2. The van der Waals surface area contributed by atoms with Crippen molar-refractivity contribution in [2.45, 2.75) is 12.5 Å². The van der Waals surface area contributed by atoms with Crippen LogP contribution in [0.25, 0.3) is 16.7 Å². The second-order valence-electron chi connectivity index (χ2n) is 8.46. The van der Waals surface area contributed by atoms with Gasteiger partial charge >= 0.3 is 5.97 Å². The average molecular weight is 482 g/mol. The Hall–Kier alpha value is -4.72. The molecule has 1 aliphatic rings. The lowest BCUT2D eigenvalue weighted by molar-refractivity contribution is -0.139. The first kappa shape index (κ1) is 23.0. The minimum absolute atomic E-state index is 0.0160. The molecule has 3 heterocycles. The molecule has 36 heavy (non-hydrogen) atoms. The molecule has 1 aliphatic heterocycles. The number of carbonyl (C=O) groups is 3.